The van der Waals surface area contributed by atoms with Gasteiger partial charge in [-0.1, -0.05) is 0 Å². The Morgan fingerprint density at radius 2 is 2.18 bits per heavy atom. The molecule has 0 radical (unpaired) electrons. The second-order valence-corrected chi connectivity index (χ2v) is 1.96. The monoisotopic (exact) mass is 167 g/mol. The average Bonchev–Trinajstić information content (AvgIpc) is 1.88. The van der Waals surface area contributed by atoms with Crippen molar-refractivity contribution < 1.29 is 18.3 Å². The van der Waals surface area contributed by atoms with E-state index in [1.165, 1.54) is 6.92 Å². The van der Waals surface area contributed by atoms with Crippen molar-refractivity contribution in [2.45, 2.75) is 19.3 Å². The Bertz CT molecular complexity index is 139. The number of carbonyl (C=O) groups is 1. The van der Waals surface area contributed by atoms with Gasteiger partial charge in [0.25, 0.3) is 0 Å². The molecule has 0 spiro atoms. The summed E-state index contributed by atoms with van der Waals surface area (Å²) in [5.74, 6) is -4.92. The summed E-state index contributed by atoms with van der Waals surface area (Å²) in [4.78, 5) is 10.4. The van der Waals surface area contributed by atoms with Crippen LogP contribution in [-0.4, -0.2) is 25.0 Å². The second kappa shape index (κ2) is 4.23. The largest absolute Gasteiger partial charge is 0.462 e. The molecule has 0 aliphatic carbocycles. The first kappa shape index (κ1) is 10.3. The quantitative estimate of drug-likeness (QED) is 0.621. The van der Waals surface area contributed by atoms with Crippen LogP contribution in [0.15, 0.2) is 0 Å². The van der Waals surface area contributed by atoms with Gasteiger partial charge in [0, 0.05) is 6.42 Å². The minimum atomic E-state index is -3.43. The zero-order valence-corrected chi connectivity index (χ0v) is 6.27. The third-order valence-corrected chi connectivity index (χ3v) is 1.03. The minimum Gasteiger partial charge on any atom is -0.462 e. The van der Waals surface area contributed by atoms with E-state index >= 15 is 0 Å². The molecule has 0 rings (SSSR count). The van der Waals surface area contributed by atoms with Gasteiger partial charge in [0.2, 0.25) is 0 Å². The smallest absolute Gasteiger partial charge is 0.377 e. The molecule has 0 unspecified atom stereocenters. The van der Waals surface area contributed by atoms with E-state index in [2.05, 4.69) is 4.74 Å². The van der Waals surface area contributed by atoms with Crippen molar-refractivity contribution in [3.63, 3.8) is 0 Å². The lowest BCUT2D eigenvalue weighted by Crippen LogP contribution is -2.33. The molecule has 11 heavy (non-hydrogen) atoms. The third-order valence-electron chi connectivity index (χ3n) is 1.03. The highest BCUT2D eigenvalue weighted by molar-refractivity contribution is 5.77. The topological polar surface area (TPSA) is 52.3 Å². The van der Waals surface area contributed by atoms with E-state index in [9.17, 15) is 13.6 Å². The molecule has 0 amide bonds. The molecule has 0 saturated carbocycles. The maximum Gasteiger partial charge on any atom is 0.377 e. The molecule has 0 heterocycles. The Labute approximate surface area is 63.5 Å². The van der Waals surface area contributed by atoms with Gasteiger partial charge in [-0.3, -0.25) is 0 Å². The summed E-state index contributed by atoms with van der Waals surface area (Å²) in [6.07, 6.45) is -0.661. The summed E-state index contributed by atoms with van der Waals surface area (Å²) in [5.41, 5.74) is 4.86. The van der Waals surface area contributed by atoms with Crippen LogP contribution in [-0.2, 0) is 9.53 Å². The van der Waals surface area contributed by atoms with Gasteiger partial charge in [-0.15, -0.1) is 0 Å². The molecular weight excluding hydrogens is 156 g/mol. The molecule has 5 heteroatoms. The number of nitrogens with two attached hydrogens (primary N) is 1. The van der Waals surface area contributed by atoms with Gasteiger partial charge >= 0.3 is 11.9 Å². The predicted molar refractivity (Wildman–Crippen MR) is 35.3 cm³/mol. The molecule has 0 bridgehead atoms. The highest BCUT2D eigenvalue weighted by Crippen LogP contribution is 2.18. The van der Waals surface area contributed by atoms with Gasteiger partial charge < -0.3 is 10.5 Å². The highest BCUT2D eigenvalue weighted by Gasteiger charge is 2.39. The van der Waals surface area contributed by atoms with Crippen LogP contribution < -0.4 is 5.73 Å². The molecule has 0 aliphatic rings. The molecule has 0 aliphatic heterocycles. The van der Waals surface area contributed by atoms with Crippen molar-refractivity contribution in [2.75, 3.05) is 13.2 Å². The molecule has 0 fully saturated rings. The summed E-state index contributed by atoms with van der Waals surface area (Å²) in [7, 11) is 0. The van der Waals surface area contributed by atoms with Crippen molar-refractivity contribution in [3.8, 4) is 0 Å². The van der Waals surface area contributed by atoms with E-state index in [-0.39, 0.29) is 13.2 Å². The van der Waals surface area contributed by atoms with Crippen LogP contribution in [0.1, 0.15) is 13.3 Å². The molecule has 0 aromatic rings. The number of esters is 1. The number of rotatable bonds is 4. The van der Waals surface area contributed by atoms with E-state index in [0.717, 1.165) is 0 Å². The van der Waals surface area contributed by atoms with Crippen molar-refractivity contribution in [1.82, 2.24) is 0 Å². The summed E-state index contributed by atoms with van der Waals surface area (Å²) in [5, 5.41) is 0. The summed E-state index contributed by atoms with van der Waals surface area (Å²) < 4.78 is 29.0. The maximum absolute atomic E-state index is 12.5. The second-order valence-electron chi connectivity index (χ2n) is 1.96. The molecule has 66 valence electrons. The number of ether oxygens (including phenoxy) is 1. The van der Waals surface area contributed by atoms with Crippen LogP contribution in [0.2, 0.25) is 0 Å². The van der Waals surface area contributed by atoms with E-state index in [4.69, 9.17) is 5.73 Å². The lowest BCUT2D eigenvalue weighted by Gasteiger charge is -2.12. The van der Waals surface area contributed by atoms with E-state index in [0.29, 0.717) is 0 Å². The minimum absolute atomic E-state index is 0.0427. The van der Waals surface area contributed by atoms with Crippen molar-refractivity contribution >= 4 is 5.97 Å². The molecule has 2 N–H and O–H groups in total. The van der Waals surface area contributed by atoms with Gasteiger partial charge in [0.15, 0.2) is 0 Å². The van der Waals surface area contributed by atoms with Crippen LogP contribution in [0.25, 0.3) is 0 Å². The van der Waals surface area contributed by atoms with Crippen molar-refractivity contribution in [1.29, 1.82) is 0 Å². The Morgan fingerprint density at radius 3 is 2.55 bits per heavy atom. The van der Waals surface area contributed by atoms with Crippen LogP contribution in [0.3, 0.4) is 0 Å². The standard InChI is InChI=1S/C6H11F2NO2/c1-2-11-5(10)6(7,8)3-4-9/h2-4,9H2,1H3. The first-order valence-corrected chi connectivity index (χ1v) is 3.29. The number of carbonyl (C=O) groups excluding carboxylic acids is 1. The highest BCUT2D eigenvalue weighted by atomic mass is 19.3. The first-order chi connectivity index (χ1) is 5.04. The number of hydrogen-bond acceptors (Lipinski definition) is 3. The number of alkyl halides is 2. The summed E-state index contributed by atoms with van der Waals surface area (Å²) in [6.45, 7) is 1.20. The van der Waals surface area contributed by atoms with Crippen LogP contribution in [0.5, 0.6) is 0 Å². The Morgan fingerprint density at radius 1 is 1.64 bits per heavy atom. The fourth-order valence-electron chi connectivity index (χ4n) is 0.520. The van der Waals surface area contributed by atoms with Crippen molar-refractivity contribution in [3.05, 3.63) is 0 Å². The molecule has 0 aromatic carbocycles. The molecule has 3 nitrogen and oxygen atoms in total. The molecule has 0 aromatic heterocycles. The van der Waals surface area contributed by atoms with E-state index in [1.54, 1.807) is 0 Å². The molecular formula is C6H11F2NO2. The van der Waals surface area contributed by atoms with Gasteiger partial charge in [0.05, 0.1) is 6.61 Å². The Kier molecular flexibility index (Phi) is 3.95. The SMILES string of the molecule is CCOC(=O)C(F)(F)CCN. The normalized spacial score (nSPS) is 11.3. The van der Waals surface area contributed by atoms with Crippen LogP contribution in [0, 0.1) is 0 Å². The Hall–Kier alpha value is -0.710. The van der Waals surface area contributed by atoms with Crippen LogP contribution >= 0.6 is 0 Å². The fourth-order valence-corrected chi connectivity index (χ4v) is 0.520. The maximum atomic E-state index is 12.5. The fraction of sp³-hybridized carbons (Fsp3) is 0.833. The third kappa shape index (κ3) is 3.27. The van der Waals surface area contributed by atoms with Gasteiger partial charge in [-0.25, -0.2) is 4.79 Å². The van der Waals surface area contributed by atoms with Crippen molar-refractivity contribution in [2.24, 2.45) is 5.73 Å². The molecule has 0 atom stereocenters. The number of hydrogen-bond donors (Lipinski definition) is 1. The van der Waals surface area contributed by atoms with Crippen LogP contribution in [0.4, 0.5) is 8.78 Å². The lowest BCUT2D eigenvalue weighted by atomic mass is 10.2. The van der Waals surface area contributed by atoms with Gasteiger partial charge in [0.1, 0.15) is 0 Å². The van der Waals surface area contributed by atoms with E-state index < -0.39 is 18.3 Å². The zero-order chi connectivity index (χ0) is 8.91. The summed E-state index contributed by atoms with van der Waals surface area (Å²) in [6, 6.07) is 0. The van der Waals surface area contributed by atoms with E-state index in [1.807, 2.05) is 0 Å². The predicted octanol–water partition coefficient (Wildman–Crippen LogP) is 0.534. The number of halogens is 2. The van der Waals surface area contributed by atoms with Gasteiger partial charge in [-0.05, 0) is 13.5 Å². The molecule has 0 saturated heterocycles. The zero-order valence-electron chi connectivity index (χ0n) is 6.27. The first-order valence-electron chi connectivity index (χ1n) is 3.29. The Balaban J connectivity index is 3.94. The van der Waals surface area contributed by atoms with Gasteiger partial charge in [-0.2, -0.15) is 8.78 Å². The lowest BCUT2D eigenvalue weighted by molar-refractivity contribution is -0.171. The average molecular weight is 167 g/mol. The summed E-state index contributed by atoms with van der Waals surface area (Å²) >= 11 is 0.